The van der Waals surface area contributed by atoms with Crippen LogP contribution in [-0.2, 0) is 16.2 Å². The maximum atomic E-state index is 14.1. The summed E-state index contributed by atoms with van der Waals surface area (Å²) in [5.41, 5.74) is 0.804. The number of carbonyl (C=O) groups is 2. The molecule has 1 atom stereocenters. The van der Waals surface area contributed by atoms with Gasteiger partial charge >= 0.3 is 0 Å². The van der Waals surface area contributed by atoms with Gasteiger partial charge in [-0.15, -0.1) is 0 Å². The second-order valence-electron chi connectivity index (χ2n) is 5.48. The maximum absolute atomic E-state index is 14.1. The Bertz CT molecular complexity index is 781. The Morgan fingerprint density at radius 1 is 1.16 bits per heavy atom. The zero-order valence-corrected chi connectivity index (χ0v) is 13.8. The van der Waals surface area contributed by atoms with Gasteiger partial charge in [-0.25, -0.2) is 8.78 Å². The first kappa shape index (κ1) is 18.4. The molecular formula is C18H18F2N2O3. The van der Waals surface area contributed by atoms with E-state index in [4.69, 9.17) is 4.74 Å². The third-order valence-corrected chi connectivity index (χ3v) is 3.30. The van der Waals surface area contributed by atoms with Crippen LogP contribution in [0.25, 0.3) is 0 Å². The quantitative estimate of drug-likeness (QED) is 0.843. The van der Waals surface area contributed by atoms with Crippen molar-refractivity contribution in [3.05, 3.63) is 59.7 Å². The highest BCUT2D eigenvalue weighted by atomic mass is 19.1. The fraction of sp³-hybridized carbons (Fsp3) is 0.222. The van der Waals surface area contributed by atoms with E-state index < -0.39 is 23.6 Å². The molecule has 2 aromatic rings. The number of amides is 2. The zero-order valence-electron chi connectivity index (χ0n) is 13.8. The van der Waals surface area contributed by atoms with E-state index in [1.165, 1.54) is 38.1 Å². The molecule has 2 amide bonds. The van der Waals surface area contributed by atoms with Crippen molar-refractivity contribution in [2.75, 3.05) is 5.32 Å². The van der Waals surface area contributed by atoms with Gasteiger partial charge in [-0.1, -0.05) is 12.1 Å². The van der Waals surface area contributed by atoms with Crippen LogP contribution in [0, 0.1) is 11.6 Å². The number of halogens is 2. The minimum absolute atomic E-state index is 0.0138. The van der Waals surface area contributed by atoms with Crippen LogP contribution < -0.4 is 15.4 Å². The van der Waals surface area contributed by atoms with E-state index in [0.717, 1.165) is 6.07 Å². The van der Waals surface area contributed by atoms with Crippen LogP contribution in [0.1, 0.15) is 19.4 Å². The van der Waals surface area contributed by atoms with E-state index in [-0.39, 0.29) is 24.0 Å². The van der Waals surface area contributed by atoms with Gasteiger partial charge < -0.3 is 15.4 Å². The first-order valence-corrected chi connectivity index (χ1v) is 7.60. The molecule has 0 radical (unpaired) electrons. The van der Waals surface area contributed by atoms with E-state index in [9.17, 15) is 18.4 Å². The lowest BCUT2D eigenvalue weighted by Gasteiger charge is -2.14. The van der Waals surface area contributed by atoms with Crippen LogP contribution >= 0.6 is 0 Å². The van der Waals surface area contributed by atoms with Crippen LogP contribution in [0.5, 0.6) is 5.75 Å². The Labute approximate surface area is 144 Å². The largest absolute Gasteiger partial charge is 0.486 e. The summed E-state index contributed by atoms with van der Waals surface area (Å²) < 4.78 is 32.5. The highest BCUT2D eigenvalue weighted by Crippen LogP contribution is 2.22. The molecule has 0 bridgehead atoms. The van der Waals surface area contributed by atoms with Gasteiger partial charge in [-0.05, 0) is 36.8 Å². The second kappa shape index (κ2) is 8.23. The molecule has 7 heteroatoms. The number of carbonyl (C=O) groups excluding carboxylic acids is 2. The number of hydrogen-bond acceptors (Lipinski definition) is 3. The van der Waals surface area contributed by atoms with Gasteiger partial charge in [0, 0.05) is 18.7 Å². The number of benzene rings is 2. The monoisotopic (exact) mass is 348 g/mol. The fourth-order valence-electron chi connectivity index (χ4n) is 2.10. The van der Waals surface area contributed by atoms with E-state index >= 15 is 0 Å². The van der Waals surface area contributed by atoms with E-state index in [2.05, 4.69) is 10.6 Å². The third-order valence-electron chi connectivity index (χ3n) is 3.30. The fourth-order valence-corrected chi connectivity index (χ4v) is 2.10. The first-order valence-electron chi connectivity index (χ1n) is 7.60. The van der Waals surface area contributed by atoms with Gasteiger partial charge in [0.25, 0.3) is 0 Å². The molecule has 2 N–H and O–H groups in total. The average molecular weight is 348 g/mol. The molecule has 0 heterocycles. The van der Waals surface area contributed by atoms with Crippen LogP contribution in [0.4, 0.5) is 14.5 Å². The molecule has 0 aliphatic heterocycles. The molecule has 0 aliphatic rings. The summed E-state index contributed by atoms with van der Waals surface area (Å²) in [5.74, 6) is -1.88. The topological polar surface area (TPSA) is 67.4 Å². The second-order valence-corrected chi connectivity index (χ2v) is 5.48. The van der Waals surface area contributed by atoms with Gasteiger partial charge in [0.15, 0.2) is 11.6 Å². The van der Waals surface area contributed by atoms with Crippen molar-refractivity contribution in [2.24, 2.45) is 0 Å². The number of rotatable bonds is 6. The minimum atomic E-state index is -0.746. The Morgan fingerprint density at radius 3 is 2.56 bits per heavy atom. The average Bonchev–Trinajstić information content (AvgIpc) is 2.53. The van der Waals surface area contributed by atoms with Gasteiger partial charge in [0.1, 0.15) is 18.5 Å². The van der Waals surface area contributed by atoms with Crippen LogP contribution in [0.3, 0.4) is 0 Å². The number of anilines is 1. The summed E-state index contributed by atoms with van der Waals surface area (Å²) in [5, 5.41) is 4.93. The first-order chi connectivity index (χ1) is 11.8. The Morgan fingerprint density at radius 2 is 1.92 bits per heavy atom. The molecule has 2 rings (SSSR count). The smallest absolute Gasteiger partial charge is 0.246 e. The summed E-state index contributed by atoms with van der Waals surface area (Å²) in [6, 6.07) is 9.02. The van der Waals surface area contributed by atoms with Crippen molar-refractivity contribution in [1.82, 2.24) is 5.32 Å². The SMILES string of the molecule is CC(=O)NC(C)C(=O)Nc1ccc(OCc2cccc(F)c2)c(F)c1. The van der Waals surface area contributed by atoms with Crippen molar-refractivity contribution in [3.8, 4) is 5.75 Å². The lowest BCUT2D eigenvalue weighted by atomic mass is 10.2. The summed E-state index contributed by atoms with van der Waals surface area (Å²) >= 11 is 0. The molecule has 0 spiro atoms. The molecule has 0 aromatic heterocycles. The molecule has 5 nitrogen and oxygen atoms in total. The van der Waals surface area contributed by atoms with E-state index in [1.54, 1.807) is 12.1 Å². The number of nitrogens with one attached hydrogen (secondary N) is 2. The van der Waals surface area contributed by atoms with Gasteiger partial charge in [-0.2, -0.15) is 0 Å². The molecule has 0 aliphatic carbocycles. The van der Waals surface area contributed by atoms with Crippen LogP contribution in [0.15, 0.2) is 42.5 Å². The van der Waals surface area contributed by atoms with Gasteiger partial charge in [0.05, 0.1) is 0 Å². The van der Waals surface area contributed by atoms with Crippen LogP contribution in [-0.4, -0.2) is 17.9 Å². The summed E-state index contributed by atoms with van der Waals surface area (Å²) in [4.78, 5) is 22.8. The zero-order chi connectivity index (χ0) is 18.4. The standard InChI is InChI=1S/C18H18F2N2O3/c1-11(21-12(2)23)18(24)22-15-6-7-17(16(20)9-15)25-10-13-4-3-5-14(19)8-13/h3-9,11H,10H2,1-2H3,(H,21,23)(H,22,24). The van der Waals surface area contributed by atoms with Gasteiger partial charge in [-0.3, -0.25) is 9.59 Å². The predicted molar refractivity (Wildman–Crippen MR) is 89.0 cm³/mol. The molecule has 1 unspecified atom stereocenters. The highest BCUT2D eigenvalue weighted by Gasteiger charge is 2.14. The Kier molecular flexibility index (Phi) is 6.05. The summed E-state index contributed by atoms with van der Waals surface area (Å²) in [7, 11) is 0. The lowest BCUT2D eigenvalue weighted by Crippen LogP contribution is -2.40. The van der Waals surface area contributed by atoms with Crippen molar-refractivity contribution < 1.29 is 23.1 Å². The normalized spacial score (nSPS) is 11.5. The summed E-state index contributed by atoms with van der Waals surface area (Å²) in [6.45, 7) is 2.83. The van der Waals surface area contributed by atoms with E-state index in [1.807, 2.05) is 0 Å². The molecule has 0 fully saturated rings. The van der Waals surface area contributed by atoms with Crippen molar-refractivity contribution in [3.63, 3.8) is 0 Å². The van der Waals surface area contributed by atoms with Crippen molar-refractivity contribution in [2.45, 2.75) is 26.5 Å². The number of hydrogen-bond donors (Lipinski definition) is 2. The van der Waals surface area contributed by atoms with Gasteiger partial charge in [0.2, 0.25) is 11.8 Å². The number of ether oxygens (including phenoxy) is 1. The lowest BCUT2D eigenvalue weighted by molar-refractivity contribution is -0.124. The maximum Gasteiger partial charge on any atom is 0.246 e. The molecule has 2 aromatic carbocycles. The predicted octanol–water partition coefficient (Wildman–Crippen LogP) is 3.01. The van der Waals surface area contributed by atoms with E-state index in [0.29, 0.717) is 5.56 Å². The molecular weight excluding hydrogens is 330 g/mol. The summed E-state index contributed by atoms with van der Waals surface area (Å²) in [6.07, 6.45) is 0. The Hall–Kier alpha value is -2.96. The van der Waals surface area contributed by atoms with Crippen molar-refractivity contribution >= 4 is 17.5 Å². The molecule has 132 valence electrons. The van der Waals surface area contributed by atoms with Crippen LogP contribution in [0.2, 0.25) is 0 Å². The highest BCUT2D eigenvalue weighted by molar-refractivity contribution is 5.96. The molecule has 25 heavy (non-hydrogen) atoms. The molecule has 0 saturated carbocycles. The minimum Gasteiger partial charge on any atom is -0.486 e. The molecule has 0 saturated heterocycles. The third kappa shape index (κ3) is 5.56. The Balaban J connectivity index is 1.98. The van der Waals surface area contributed by atoms with Crippen molar-refractivity contribution in [1.29, 1.82) is 0 Å².